The minimum absolute atomic E-state index is 0.119. The summed E-state index contributed by atoms with van der Waals surface area (Å²) >= 11 is 5.84. The predicted molar refractivity (Wildman–Crippen MR) is 80.9 cm³/mol. The van der Waals surface area contributed by atoms with Gasteiger partial charge in [0.15, 0.2) is 5.84 Å². The molecule has 0 spiro atoms. The number of rotatable bonds is 5. The summed E-state index contributed by atoms with van der Waals surface area (Å²) in [7, 11) is 0. The van der Waals surface area contributed by atoms with Gasteiger partial charge in [0.1, 0.15) is 0 Å². The maximum absolute atomic E-state index is 8.77. The van der Waals surface area contributed by atoms with Crippen LogP contribution in [-0.2, 0) is 13.1 Å². The Morgan fingerprint density at radius 3 is 2.50 bits per heavy atom. The minimum Gasteiger partial charge on any atom is -0.409 e. The maximum atomic E-state index is 8.77. The fourth-order valence-corrected chi connectivity index (χ4v) is 2.05. The van der Waals surface area contributed by atoms with Crippen LogP contribution in [0.15, 0.2) is 53.7 Å². The van der Waals surface area contributed by atoms with Crippen LogP contribution in [0.2, 0.25) is 5.02 Å². The van der Waals surface area contributed by atoms with E-state index in [-0.39, 0.29) is 5.84 Å². The number of nitrogens with zero attached hydrogens (tertiary/aromatic N) is 1. The Morgan fingerprint density at radius 1 is 1.10 bits per heavy atom. The Morgan fingerprint density at radius 2 is 1.80 bits per heavy atom. The summed E-state index contributed by atoms with van der Waals surface area (Å²) in [6.07, 6.45) is 0. The molecule has 0 amide bonds. The third-order valence-electron chi connectivity index (χ3n) is 2.96. The van der Waals surface area contributed by atoms with Crippen molar-refractivity contribution in [1.29, 1.82) is 0 Å². The zero-order chi connectivity index (χ0) is 14.4. The molecule has 0 atom stereocenters. The highest BCUT2D eigenvalue weighted by atomic mass is 35.5. The van der Waals surface area contributed by atoms with E-state index in [0.29, 0.717) is 6.54 Å². The van der Waals surface area contributed by atoms with Crippen molar-refractivity contribution in [3.8, 4) is 0 Å². The molecule has 0 saturated heterocycles. The van der Waals surface area contributed by atoms with Gasteiger partial charge in [-0.25, -0.2) is 0 Å². The van der Waals surface area contributed by atoms with E-state index in [2.05, 4.69) is 10.5 Å². The van der Waals surface area contributed by atoms with Crippen molar-refractivity contribution in [1.82, 2.24) is 5.32 Å². The van der Waals surface area contributed by atoms with Crippen LogP contribution in [0.1, 0.15) is 16.7 Å². The minimum atomic E-state index is 0.119. The average molecular weight is 290 g/mol. The topological polar surface area (TPSA) is 70.6 Å². The molecule has 0 aliphatic rings. The summed E-state index contributed by atoms with van der Waals surface area (Å²) in [6.45, 7) is 1.36. The molecule has 0 heterocycles. The Kier molecular flexibility index (Phi) is 4.98. The highest BCUT2D eigenvalue weighted by Crippen LogP contribution is 2.11. The number of halogens is 1. The molecule has 0 radical (unpaired) electrons. The smallest absolute Gasteiger partial charge is 0.170 e. The zero-order valence-electron chi connectivity index (χ0n) is 10.9. The molecule has 4 nitrogen and oxygen atoms in total. The van der Waals surface area contributed by atoms with Gasteiger partial charge in [0.05, 0.1) is 0 Å². The van der Waals surface area contributed by atoms with Gasteiger partial charge < -0.3 is 16.3 Å². The Hall–Kier alpha value is -2.04. The van der Waals surface area contributed by atoms with Crippen LogP contribution < -0.4 is 11.1 Å². The highest BCUT2D eigenvalue weighted by molar-refractivity contribution is 6.30. The van der Waals surface area contributed by atoms with Gasteiger partial charge in [-0.15, -0.1) is 0 Å². The monoisotopic (exact) mass is 289 g/mol. The number of amidine groups is 1. The second kappa shape index (κ2) is 6.93. The van der Waals surface area contributed by atoms with Crippen molar-refractivity contribution in [2.75, 3.05) is 0 Å². The van der Waals surface area contributed by atoms with Crippen molar-refractivity contribution < 1.29 is 5.21 Å². The fraction of sp³-hybridized carbons (Fsp3) is 0.133. The molecule has 0 aromatic heterocycles. The molecule has 5 heteroatoms. The van der Waals surface area contributed by atoms with Gasteiger partial charge in [-0.1, -0.05) is 53.2 Å². The quantitative estimate of drug-likeness (QED) is 0.343. The van der Waals surface area contributed by atoms with Gasteiger partial charge in [0.25, 0.3) is 0 Å². The molecule has 0 aliphatic carbocycles. The van der Waals surface area contributed by atoms with Crippen molar-refractivity contribution in [3.63, 3.8) is 0 Å². The normalized spacial score (nSPS) is 11.6. The molecule has 0 aliphatic heterocycles. The first-order valence-corrected chi connectivity index (χ1v) is 6.59. The molecule has 2 aromatic carbocycles. The molecule has 20 heavy (non-hydrogen) atoms. The molecule has 0 bridgehead atoms. The zero-order valence-corrected chi connectivity index (χ0v) is 11.6. The summed E-state index contributed by atoms with van der Waals surface area (Å²) < 4.78 is 0. The van der Waals surface area contributed by atoms with E-state index in [1.165, 1.54) is 0 Å². The second-order valence-corrected chi connectivity index (χ2v) is 4.81. The van der Waals surface area contributed by atoms with E-state index in [9.17, 15) is 0 Å². The molecule has 0 saturated carbocycles. The van der Waals surface area contributed by atoms with Crippen LogP contribution in [0.5, 0.6) is 0 Å². The van der Waals surface area contributed by atoms with E-state index < -0.39 is 0 Å². The molecule has 2 rings (SSSR count). The van der Waals surface area contributed by atoms with Crippen LogP contribution in [-0.4, -0.2) is 11.0 Å². The average Bonchev–Trinajstić information content (AvgIpc) is 2.49. The second-order valence-electron chi connectivity index (χ2n) is 4.37. The lowest BCUT2D eigenvalue weighted by Gasteiger charge is -2.09. The van der Waals surface area contributed by atoms with Crippen LogP contribution in [0.3, 0.4) is 0 Å². The molecule has 104 valence electrons. The lowest BCUT2D eigenvalue weighted by Crippen LogP contribution is -2.19. The number of benzene rings is 2. The van der Waals surface area contributed by atoms with Crippen LogP contribution in [0.25, 0.3) is 0 Å². The number of nitrogens with two attached hydrogens (primary N) is 1. The fourth-order valence-electron chi connectivity index (χ4n) is 1.92. The third-order valence-corrected chi connectivity index (χ3v) is 3.21. The summed E-state index contributed by atoms with van der Waals surface area (Å²) in [5, 5.41) is 15.9. The Labute approximate surface area is 122 Å². The van der Waals surface area contributed by atoms with Crippen LogP contribution in [0.4, 0.5) is 0 Å². The largest absolute Gasteiger partial charge is 0.409 e. The summed E-state index contributed by atoms with van der Waals surface area (Å²) in [5.41, 5.74) is 8.52. The van der Waals surface area contributed by atoms with Gasteiger partial charge in [0.2, 0.25) is 0 Å². The van der Waals surface area contributed by atoms with Crippen molar-refractivity contribution in [2.45, 2.75) is 13.1 Å². The summed E-state index contributed by atoms with van der Waals surface area (Å²) in [4.78, 5) is 0. The standard InChI is InChI=1S/C15H16ClN3O/c16-13-7-5-11(6-8-13)9-18-10-12-3-1-2-4-14(12)15(17)19-20/h1-8,18,20H,9-10H2,(H2,17,19). The number of oxime groups is 1. The van der Waals surface area contributed by atoms with E-state index >= 15 is 0 Å². The molecule has 0 fully saturated rings. The predicted octanol–water partition coefficient (Wildman–Crippen LogP) is 2.72. The number of hydrogen-bond donors (Lipinski definition) is 3. The van der Waals surface area contributed by atoms with Crippen molar-refractivity contribution >= 4 is 17.4 Å². The number of hydrogen-bond acceptors (Lipinski definition) is 3. The Balaban J connectivity index is 1.99. The first-order chi connectivity index (χ1) is 9.70. The molecule has 0 unspecified atom stereocenters. The summed E-state index contributed by atoms with van der Waals surface area (Å²) in [5.74, 6) is 0.119. The van der Waals surface area contributed by atoms with E-state index in [4.69, 9.17) is 22.5 Å². The lowest BCUT2D eigenvalue weighted by atomic mass is 10.1. The third kappa shape index (κ3) is 3.73. The first-order valence-electron chi connectivity index (χ1n) is 6.21. The molecular weight excluding hydrogens is 274 g/mol. The highest BCUT2D eigenvalue weighted by Gasteiger charge is 2.05. The molecule has 2 aromatic rings. The van der Waals surface area contributed by atoms with E-state index in [0.717, 1.165) is 28.3 Å². The van der Waals surface area contributed by atoms with Gasteiger partial charge >= 0.3 is 0 Å². The molecular formula is C15H16ClN3O. The van der Waals surface area contributed by atoms with Crippen molar-refractivity contribution in [2.24, 2.45) is 10.9 Å². The first kappa shape index (κ1) is 14.4. The van der Waals surface area contributed by atoms with Crippen LogP contribution in [0, 0.1) is 0 Å². The van der Waals surface area contributed by atoms with E-state index in [1.807, 2.05) is 48.5 Å². The van der Waals surface area contributed by atoms with Gasteiger partial charge in [-0.05, 0) is 23.3 Å². The lowest BCUT2D eigenvalue weighted by molar-refractivity contribution is 0.318. The van der Waals surface area contributed by atoms with Gasteiger partial charge in [-0.2, -0.15) is 0 Å². The summed E-state index contributed by atoms with van der Waals surface area (Å²) in [6, 6.07) is 15.2. The maximum Gasteiger partial charge on any atom is 0.170 e. The van der Waals surface area contributed by atoms with Gasteiger partial charge in [0, 0.05) is 23.7 Å². The van der Waals surface area contributed by atoms with Crippen LogP contribution >= 0.6 is 11.6 Å². The SMILES string of the molecule is NC(=NO)c1ccccc1CNCc1ccc(Cl)cc1. The van der Waals surface area contributed by atoms with Gasteiger partial charge in [-0.3, -0.25) is 0 Å². The Bertz CT molecular complexity index is 596. The van der Waals surface area contributed by atoms with E-state index in [1.54, 1.807) is 0 Å². The molecule has 4 N–H and O–H groups in total. The number of nitrogens with one attached hydrogen (secondary N) is 1. The van der Waals surface area contributed by atoms with Crippen molar-refractivity contribution in [3.05, 3.63) is 70.2 Å².